The molecule has 3 nitrogen and oxygen atoms in total. The van der Waals surface area contributed by atoms with Crippen molar-refractivity contribution in [2.45, 2.75) is 52.2 Å². The van der Waals surface area contributed by atoms with Crippen LogP contribution in [0.25, 0.3) is 0 Å². The zero-order valence-corrected chi connectivity index (χ0v) is 13.8. The fourth-order valence-electron chi connectivity index (χ4n) is 2.69. The standard InChI is InChI=1S/C18H24FNO2/c1-12-8-9-14(11-15(12)19)17(21)16-7-6-10-20(16)13(2)22-18(3,4)5/h8-9,11,16H,2,6-7,10H2,1,3-5H3/t16-/m0/s1. The highest BCUT2D eigenvalue weighted by molar-refractivity contribution is 6.00. The van der Waals surface area contributed by atoms with Crippen LogP contribution in [0, 0.1) is 12.7 Å². The van der Waals surface area contributed by atoms with E-state index in [0.717, 1.165) is 19.4 Å². The van der Waals surface area contributed by atoms with Gasteiger partial charge in [-0.1, -0.05) is 12.1 Å². The number of nitrogens with zero attached hydrogens (tertiary/aromatic N) is 1. The van der Waals surface area contributed by atoms with Gasteiger partial charge in [0.1, 0.15) is 11.4 Å². The third kappa shape index (κ3) is 3.67. The van der Waals surface area contributed by atoms with E-state index >= 15 is 0 Å². The molecule has 0 amide bonds. The van der Waals surface area contributed by atoms with E-state index in [4.69, 9.17) is 4.74 Å². The van der Waals surface area contributed by atoms with Gasteiger partial charge in [-0.2, -0.15) is 0 Å². The minimum atomic E-state index is -0.358. The zero-order valence-electron chi connectivity index (χ0n) is 13.8. The Kier molecular flexibility index (Phi) is 4.59. The lowest BCUT2D eigenvalue weighted by atomic mass is 10.0. The lowest BCUT2D eigenvalue weighted by molar-refractivity contribution is 0.000654. The molecule has 4 heteroatoms. The minimum Gasteiger partial charge on any atom is -0.474 e. The Morgan fingerprint density at radius 1 is 1.41 bits per heavy atom. The van der Waals surface area contributed by atoms with E-state index in [-0.39, 0.29) is 23.2 Å². The third-order valence-electron chi connectivity index (χ3n) is 3.76. The molecule has 1 aliphatic rings. The summed E-state index contributed by atoms with van der Waals surface area (Å²) in [6.45, 7) is 12.2. The summed E-state index contributed by atoms with van der Waals surface area (Å²) in [6.07, 6.45) is 1.64. The van der Waals surface area contributed by atoms with Crippen molar-refractivity contribution in [3.63, 3.8) is 0 Å². The second-order valence-electron chi connectivity index (χ2n) is 6.79. The maximum Gasteiger partial charge on any atom is 0.185 e. The summed E-state index contributed by atoms with van der Waals surface area (Å²) in [7, 11) is 0. The first-order chi connectivity index (χ1) is 10.2. The second kappa shape index (κ2) is 6.11. The monoisotopic (exact) mass is 305 g/mol. The van der Waals surface area contributed by atoms with Crippen molar-refractivity contribution >= 4 is 5.78 Å². The van der Waals surface area contributed by atoms with Crippen LogP contribution in [0.4, 0.5) is 4.39 Å². The summed E-state index contributed by atoms with van der Waals surface area (Å²) < 4.78 is 19.5. The number of Topliss-reactive ketones (excluding diaryl/α,β-unsaturated/α-hetero) is 1. The topological polar surface area (TPSA) is 29.5 Å². The van der Waals surface area contributed by atoms with Crippen LogP contribution >= 0.6 is 0 Å². The highest BCUT2D eigenvalue weighted by atomic mass is 19.1. The number of ketones is 1. The predicted molar refractivity (Wildman–Crippen MR) is 85.2 cm³/mol. The van der Waals surface area contributed by atoms with Crippen molar-refractivity contribution in [2.24, 2.45) is 0 Å². The number of halogens is 1. The Labute approximate surface area is 131 Å². The van der Waals surface area contributed by atoms with Crippen molar-refractivity contribution < 1.29 is 13.9 Å². The van der Waals surface area contributed by atoms with Crippen LogP contribution in [0.3, 0.4) is 0 Å². The molecule has 0 aromatic heterocycles. The van der Waals surface area contributed by atoms with Crippen LogP contribution in [-0.4, -0.2) is 28.9 Å². The van der Waals surface area contributed by atoms with Crippen molar-refractivity contribution in [3.05, 3.63) is 47.6 Å². The molecule has 0 spiro atoms. The number of carbonyl (C=O) groups excluding carboxylic acids is 1. The van der Waals surface area contributed by atoms with Gasteiger partial charge in [0.15, 0.2) is 11.7 Å². The van der Waals surface area contributed by atoms with Gasteiger partial charge in [-0.15, -0.1) is 0 Å². The van der Waals surface area contributed by atoms with Gasteiger partial charge in [-0.3, -0.25) is 4.79 Å². The summed E-state index contributed by atoms with van der Waals surface area (Å²) in [4.78, 5) is 14.6. The van der Waals surface area contributed by atoms with E-state index in [1.807, 2.05) is 25.7 Å². The number of hydrogen-bond acceptors (Lipinski definition) is 3. The summed E-state index contributed by atoms with van der Waals surface area (Å²) in [5.41, 5.74) is 0.590. The van der Waals surface area contributed by atoms with Crippen LogP contribution in [0.15, 0.2) is 30.7 Å². The Morgan fingerprint density at radius 3 is 2.68 bits per heavy atom. The maximum absolute atomic E-state index is 13.7. The Bertz CT molecular complexity index is 589. The molecule has 1 aromatic rings. The van der Waals surface area contributed by atoms with Gasteiger partial charge in [0.05, 0.1) is 6.04 Å². The van der Waals surface area contributed by atoms with Crippen molar-refractivity contribution in [1.29, 1.82) is 0 Å². The lowest BCUT2D eigenvalue weighted by Gasteiger charge is -2.32. The van der Waals surface area contributed by atoms with Crippen LogP contribution in [0.5, 0.6) is 0 Å². The molecule has 0 unspecified atom stereocenters. The number of aryl methyl sites for hydroxylation is 1. The fraction of sp³-hybridized carbons (Fsp3) is 0.500. The van der Waals surface area contributed by atoms with Crippen molar-refractivity contribution in [2.75, 3.05) is 6.54 Å². The largest absolute Gasteiger partial charge is 0.474 e. The summed E-state index contributed by atoms with van der Waals surface area (Å²) in [5.74, 6) is 0.0890. The third-order valence-corrected chi connectivity index (χ3v) is 3.76. The molecule has 1 aromatic carbocycles. The van der Waals surface area contributed by atoms with Gasteiger partial charge in [-0.25, -0.2) is 4.39 Å². The van der Waals surface area contributed by atoms with Gasteiger partial charge >= 0.3 is 0 Å². The second-order valence-corrected chi connectivity index (χ2v) is 6.79. The first-order valence-electron chi connectivity index (χ1n) is 7.64. The Balaban J connectivity index is 2.17. The number of rotatable bonds is 4. The molecular weight excluding hydrogens is 281 g/mol. The molecule has 120 valence electrons. The molecule has 1 fully saturated rings. The van der Waals surface area contributed by atoms with Gasteiger partial charge in [0.2, 0.25) is 0 Å². The van der Waals surface area contributed by atoms with E-state index in [0.29, 0.717) is 17.0 Å². The van der Waals surface area contributed by atoms with E-state index in [2.05, 4.69) is 6.58 Å². The van der Waals surface area contributed by atoms with Crippen LogP contribution in [-0.2, 0) is 4.74 Å². The normalized spacial score (nSPS) is 18.4. The number of likely N-dealkylation sites (tertiary alicyclic amines) is 1. The van der Waals surface area contributed by atoms with Gasteiger partial charge in [0.25, 0.3) is 0 Å². The molecule has 1 atom stereocenters. The first kappa shape index (κ1) is 16.5. The molecular formula is C18H24FNO2. The van der Waals surface area contributed by atoms with E-state index in [9.17, 15) is 9.18 Å². The molecule has 0 aliphatic carbocycles. The molecule has 22 heavy (non-hydrogen) atoms. The Hall–Kier alpha value is -1.84. The molecule has 1 saturated heterocycles. The molecule has 2 rings (SSSR count). The average molecular weight is 305 g/mol. The quantitative estimate of drug-likeness (QED) is 0.620. The van der Waals surface area contributed by atoms with Crippen molar-refractivity contribution in [3.8, 4) is 0 Å². The minimum absolute atomic E-state index is 0.0740. The van der Waals surface area contributed by atoms with Gasteiger partial charge < -0.3 is 9.64 Å². The predicted octanol–water partition coefficient (Wildman–Crippen LogP) is 4.07. The zero-order chi connectivity index (χ0) is 16.5. The number of benzene rings is 1. The maximum atomic E-state index is 13.7. The fourth-order valence-corrected chi connectivity index (χ4v) is 2.69. The molecule has 0 N–H and O–H groups in total. The van der Waals surface area contributed by atoms with Crippen LogP contribution in [0.1, 0.15) is 49.5 Å². The summed E-state index contributed by atoms with van der Waals surface area (Å²) >= 11 is 0. The first-order valence-corrected chi connectivity index (χ1v) is 7.64. The average Bonchev–Trinajstić information content (AvgIpc) is 2.88. The van der Waals surface area contributed by atoms with Gasteiger partial charge in [0, 0.05) is 12.1 Å². The molecule has 1 heterocycles. The van der Waals surface area contributed by atoms with Gasteiger partial charge in [-0.05, 0) is 58.7 Å². The summed E-state index contributed by atoms with van der Waals surface area (Å²) in [6, 6.07) is 4.33. The highest BCUT2D eigenvalue weighted by Crippen LogP contribution is 2.27. The van der Waals surface area contributed by atoms with Crippen molar-refractivity contribution in [1.82, 2.24) is 4.90 Å². The number of ether oxygens (including phenoxy) is 1. The van der Waals surface area contributed by atoms with Crippen LogP contribution in [0.2, 0.25) is 0 Å². The Morgan fingerprint density at radius 2 is 2.09 bits per heavy atom. The molecule has 1 aliphatic heterocycles. The highest BCUT2D eigenvalue weighted by Gasteiger charge is 2.34. The van der Waals surface area contributed by atoms with E-state index in [1.165, 1.54) is 6.07 Å². The number of carbonyl (C=O) groups is 1. The molecule has 0 saturated carbocycles. The number of hydrogen-bond donors (Lipinski definition) is 0. The van der Waals surface area contributed by atoms with Crippen LogP contribution < -0.4 is 0 Å². The summed E-state index contributed by atoms with van der Waals surface area (Å²) in [5, 5.41) is 0. The SMILES string of the molecule is C=C(OC(C)(C)C)N1CCC[C@H]1C(=O)c1ccc(C)c(F)c1. The van der Waals surface area contributed by atoms with E-state index in [1.54, 1.807) is 19.1 Å². The molecule has 0 bridgehead atoms. The lowest BCUT2D eigenvalue weighted by Crippen LogP contribution is -2.38. The smallest absolute Gasteiger partial charge is 0.185 e. The van der Waals surface area contributed by atoms with E-state index < -0.39 is 0 Å². The molecule has 0 radical (unpaired) electrons.